The Kier molecular flexibility index (Phi) is 5.80. The van der Waals surface area contributed by atoms with E-state index in [0.717, 1.165) is 25.9 Å². The number of hydrogen-bond donors (Lipinski definition) is 0. The van der Waals surface area contributed by atoms with Gasteiger partial charge in [0.1, 0.15) is 11.1 Å². The molecule has 0 bridgehead atoms. The van der Waals surface area contributed by atoms with Crippen LogP contribution in [0.25, 0.3) is 0 Å². The highest BCUT2D eigenvalue weighted by Crippen LogP contribution is 2.45. The van der Waals surface area contributed by atoms with Crippen LogP contribution in [-0.4, -0.2) is 18.3 Å². The maximum Gasteiger partial charge on any atom is 0.238 e. The summed E-state index contributed by atoms with van der Waals surface area (Å²) in [5, 5.41) is 0.572. The van der Waals surface area contributed by atoms with Crippen molar-refractivity contribution >= 4 is 66.8 Å². The van der Waals surface area contributed by atoms with Crippen molar-refractivity contribution in [3.8, 4) is 5.75 Å². The van der Waals surface area contributed by atoms with Gasteiger partial charge in [-0.15, -0.1) is 11.8 Å². The van der Waals surface area contributed by atoms with Crippen LogP contribution in [0, 0.1) is 0 Å². The second-order valence-corrected chi connectivity index (χ2v) is 8.36. The molecule has 1 amide bonds. The van der Waals surface area contributed by atoms with Gasteiger partial charge in [0, 0.05) is 10.7 Å². The number of carbonyl (C=O) groups is 1. The second kappa shape index (κ2) is 7.68. The van der Waals surface area contributed by atoms with E-state index in [1.165, 1.54) is 0 Å². The van der Waals surface area contributed by atoms with Crippen molar-refractivity contribution in [1.82, 2.24) is 0 Å². The topological polar surface area (TPSA) is 29.5 Å². The molecule has 7 heteroatoms. The molecule has 0 N–H and O–H groups in total. The third-order valence-corrected chi connectivity index (χ3v) is 6.21. The van der Waals surface area contributed by atoms with Crippen LogP contribution in [0.1, 0.15) is 17.9 Å². The monoisotopic (exact) mass is 489 g/mol. The van der Waals surface area contributed by atoms with E-state index in [1.807, 2.05) is 36.1 Å². The van der Waals surface area contributed by atoms with Gasteiger partial charge >= 0.3 is 0 Å². The molecule has 1 aliphatic heterocycles. The number of hydrogen-bond acceptors (Lipinski definition) is 3. The van der Waals surface area contributed by atoms with Crippen LogP contribution in [0.2, 0.25) is 5.02 Å². The Morgan fingerprint density at radius 2 is 1.88 bits per heavy atom. The van der Waals surface area contributed by atoms with E-state index in [9.17, 15) is 4.79 Å². The molecule has 2 aromatic rings. The number of anilines is 1. The van der Waals surface area contributed by atoms with Gasteiger partial charge in [-0.2, -0.15) is 0 Å². The van der Waals surface area contributed by atoms with Crippen LogP contribution in [-0.2, 0) is 4.79 Å². The molecule has 1 heterocycles. The fraction of sp³-hybridized carbons (Fsp3) is 0.235. The largest absolute Gasteiger partial charge is 0.492 e. The number of rotatable bonds is 4. The maximum atomic E-state index is 12.4. The molecule has 0 radical (unpaired) electrons. The Hall–Kier alpha value is -0.690. The van der Waals surface area contributed by atoms with Gasteiger partial charge in [-0.3, -0.25) is 9.69 Å². The first kappa shape index (κ1) is 18.1. The summed E-state index contributed by atoms with van der Waals surface area (Å²) in [6.45, 7) is 2.53. The molecule has 2 aromatic carbocycles. The predicted molar refractivity (Wildman–Crippen MR) is 107 cm³/mol. The number of ether oxygens (including phenoxy) is 1. The fourth-order valence-corrected chi connectivity index (χ4v) is 5.29. The number of halogens is 3. The van der Waals surface area contributed by atoms with Crippen LogP contribution in [0.15, 0.2) is 45.3 Å². The average Bonchev–Trinajstić information content (AvgIpc) is 2.93. The van der Waals surface area contributed by atoms with Crippen LogP contribution < -0.4 is 9.64 Å². The smallest absolute Gasteiger partial charge is 0.238 e. The van der Waals surface area contributed by atoms with Gasteiger partial charge in [0.05, 0.1) is 21.3 Å². The summed E-state index contributed by atoms with van der Waals surface area (Å²) >= 11 is 14.7. The molecule has 3 rings (SSSR count). The predicted octanol–water partition coefficient (Wildman–Crippen LogP) is 6.04. The van der Waals surface area contributed by atoms with Crippen molar-refractivity contribution in [2.45, 2.75) is 12.3 Å². The van der Waals surface area contributed by atoms with Crippen LogP contribution >= 0.6 is 55.2 Å². The zero-order valence-corrected chi connectivity index (χ0v) is 17.5. The van der Waals surface area contributed by atoms with Gasteiger partial charge in [-0.05, 0) is 80.7 Å². The third-order valence-electron chi connectivity index (χ3n) is 3.57. The highest BCUT2D eigenvalue weighted by molar-refractivity contribution is 9.11. The Balaban J connectivity index is 1.98. The van der Waals surface area contributed by atoms with E-state index in [-0.39, 0.29) is 11.3 Å². The van der Waals surface area contributed by atoms with E-state index in [4.69, 9.17) is 16.3 Å². The summed E-state index contributed by atoms with van der Waals surface area (Å²) in [6.07, 6.45) is 0. The molecule has 1 fully saturated rings. The fourth-order valence-electron chi connectivity index (χ4n) is 2.56. The lowest BCUT2D eigenvalue weighted by molar-refractivity contribution is -0.115. The molecule has 0 aromatic heterocycles. The lowest BCUT2D eigenvalue weighted by Gasteiger charge is -2.25. The third kappa shape index (κ3) is 3.62. The summed E-state index contributed by atoms with van der Waals surface area (Å²) in [5.74, 6) is 1.32. The van der Waals surface area contributed by atoms with Crippen molar-refractivity contribution in [1.29, 1.82) is 0 Å². The molecule has 0 spiro atoms. The van der Waals surface area contributed by atoms with Gasteiger partial charge < -0.3 is 4.74 Å². The molecule has 1 saturated heterocycles. The average molecular weight is 492 g/mol. The highest BCUT2D eigenvalue weighted by atomic mass is 79.9. The summed E-state index contributed by atoms with van der Waals surface area (Å²) in [7, 11) is 0. The molecule has 0 aliphatic carbocycles. The lowest BCUT2D eigenvalue weighted by Crippen LogP contribution is -2.27. The quantitative estimate of drug-likeness (QED) is 0.522. The van der Waals surface area contributed by atoms with Gasteiger partial charge in [-0.1, -0.05) is 11.6 Å². The van der Waals surface area contributed by atoms with Crippen molar-refractivity contribution in [2.24, 2.45) is 0 Å². The standard InChI is InChI=1S/C17H14Br2ClNO2S/c1-2-23-16-13(18)7-10(8-14(16)19)17-21(15(22)9-24-17)12-5-3-11(20)4-6-12/h3-8,17H,2,9H2,1H3/t17-/m0/s1. The molecule has 3 nitrogen and oxygen atoms in total. The first-order chi connectivity index (χ1) is 11.5. The van der Waals surface area contributed by atoms with E-state index >= 15 is 0 Å². The summed E-state index contributed by atoms with van der Waals surface area (Å²) in [6, 6.07) is 11.4. The minimum atomic E-state index is -0.0815. The molecule has 0 unspecified atom stereocenters. The summed E-state index contributed by atoms with van der Waals surface area (Å²) in [5.41, 5.74) is 1.88. The summed E-state index contributed by atoms with van der Waals surface area (Å²) in [4.78, 5) is 14.2. The number of thioether (sulfide) groups is 1. The van der Waals surface area contributed by atoms with Gasteiger partial charge in [0.2, 0.25) is 5.91 Å². The molecule has 1 aliphatic rings. The second-order valence-electron chi connectivity index (χ2n) is 5.15. The van der Waals surface area contributed by atoms with Gasteiger partial charge in [-0.25, -0.2) is 0 Å². The zero-order valence-electron chi connectivity index (χ0n) is 12.8. The Bertz CT molecular complexity index is 747. The van der Waals surface area contributed by atoms with Crippen molar-refractivity contribution in [3.05, 3.63) is 55.9 Å². The van der Waals surface area contributed by atoms with Crippen LogP contribution in [0.4, 0.5) is 5.69 Å². The van der Waals surface area contributed by atoms with E-state index in [0.29, 0.717) is 17.4 Å². The lowest BCUT2D eigenvalue weighted by atomic mass is 10.1. The Morgan fingerprint density at radius 3 is 2.46 bits per heavy atom. The highest BCUT2D eigenvalue weighted by Gasteiger charge is 2.34. The Morgan fingerprint density at radius 1 is 1.25 bits per heavy atom. The molecule has 1 atom stereocenters. The zero-order chi connectivity index (χ0) is 17.3. The molecular weight excluding hydrogens is 478 g/mol. The minimum absolute atomic E-state index is 0.0815. The maximum absolute atomic E-state index is 12.4. The van der Waals surface area contributed by atoms with Crippen molar-refractivity contribution < 1.29 is 9.53 Å². The minimum Gasteiger partial charge on any atom is -0.492 e. The van der Waals surface area contributed by atoms with Crippen LogP contribution in [0.3, 0.4) is 0 Å². The number of carbonyl (C=O) groups excluding carboxylic acids is 1. The number of benzene rings is 2. The molecular formula is C17H14Br2ClNO2S. The SMILES string of the molecule is CCOc1c(Br)cc([C@@H]2SCC(=O)N2c2ccc(Cl)cc2)cc1Br. The van der Waals surface area contributed by atoms with Crippen LogP contribution in [0.5, 0.6) is 5.75 Å². The molecule has 126 valence electrons. The molecule has 0 saturated carbocycles. The first-order valence-corrected chi connectivity index (χ1v) is 10.3. The number of nitrogens with zero attached hydrogens (tertiary/aromatic N) is 1. The van der Waals surface area contributed by atoms with Gasteiger partial charge in [0.25, 0.3) is 0 Å². The normalized spacial score (nSPS) is 17.4. The van der Waals surface area contributed by atoms with E-state index in [1.54, 1.807) is 23.9 Å². The first-order valence-electron chi connectivity index (χ1n) is 7.32. The molecule has 24 heavy (non-hydrogen) atoms. The van der Waals surface area contributed by atoms with E-state index < -0.39 is 0 Å². The van der Waals surface area contributed by atoms with Crippen molar-refractivity contribution in [2.75, 3.05) is 17.3 Å². The van der Waals surface area contributed by atoms with Crippen molar-refractivity contribution in [3.63, 3.8) is 0 Å². The Labute approximate surface area is 167 Å². The number of amides is 1. The summed E-state index contributed by atoms with van der Waals surface area (Å²) < 4.78 is 7.37. The van der Waals surface area contributed by atoms with E-state index in [2.05, 4.69) is 31.9 Å². The van der Waals surface area contributed by atoms with Gasteiger partial charge in [0.15, 0.2) is 0 Å².